The summed E-state index contributed by atoms with van der Waals surface area (Å²) in [7, 11) is 1.82. The lowest BCUT2D eigenvalue weighted by atomic mass is 9.87. The first-order chi connectivity index (χ1) is 10.2. The van der Waals surface area contributed by atoms with Gasteiger partial charge in [0.05, 0.1) is 6.10 Å². The van der Waals surface area contributed by atoms with Gasteiger partial charge in [-0.05, 0) is 26.2 Å². The maximum atomic E-state index is 12.0. The Morgan fingerprint density at radius 3 is 2.90 bits per heavy atom. The molecule has 0 radical (unpaired) electrons. The minimum absolute atomic E-state index is 0.0218. The van der Waals surface area contributed by atoms with Crippen LogP contribution in [0.5, 0.6) is 0 Å². The van der Waals surface area contributed by atoms with Crippen molar-refractivity contribution in [2.24, 2.45) is 0 Å². The molecule has 2 aliphatic rings. The van der Waals surface area contributed by atoms with Crippen LogP contribution in [-0.4, -0.2) is 54.0 Å². The van der Waals surface area contributed by atoms with Gasteiger partial charge in [-0.1, -0.05) is 17.8 Å². The fourth-order valence-electron chi connectivity index (χ4n) is 3.08. The second-order valence-corrected chi connectivity index (χ2v) is 6.71. The van der Waals surface area contributed by atoms with Crippen LogP contribution in [0.2, 0.25) is 0 Å². The van der Waals surface area contributed by atoms with E-state index in [-0.39, 0.29) is 6.03 Å². The van der Waals surface area contributed by atoms with Gasteiger partial charge in [0.25, 0.3) is 0 Å². The number of aromatic nitrogens is 2. The predicted octanol–water partition coefficient (Wildman–Crippen LogP) is 2.47. The van der Waals surface area contributed by atoms with Gasteiger partial charge >= 0.3 is 6.03 Å². The molecule has 1 aliphatic heterocycles. The third-order valence-electron chi connectivity index (χ3n) is 4.26. The lowest BCUT2D eigenvalue weighted by Gasteiger charge is -2.27. The van der Waals surface area contributed by atoms with Gasteiger partial charge in [0, 0.05) is 32.7 Å². The molecule has 2 fully saturated rings. The lowest BCUT2D eigenvalue weighted by molar-refractivity contribution is 0.0307. The fraction of sp³-hybridized carbons (Fsp3) is 0.786. The van der Waals surface area contributed by atoms with E-state index < -0.39 is 0 Å². The van der Waals surface area contributed by atoms with E-state index in [1.807, 2.05) is 14.0 Å². The Kier molecular flexibility index (Phi) is 4.40. The summed E-state index contributed by atoms with van der Waals surface area (Å²) in [6, 6.07) is 0.0218. The largest absolute Gasteiger partial charge is 0.378 e. The van der Waals surface area contributed by atoms with Crippen LogP contribution in [0.4, 0.5) is 9.93 Å². The van der Waals surface area contributed by atoms with Crippen LogP contribution >= 0.6 is 11.3 Å². The van der Waals surface area contributed by atoms with Gasteiger partial charge in [-0.2, -0.15) is 0 Å². The normalized spacial score (nSPS) is 26.7. The summed E-state index contributed by atoms with van der Waals surface area (Å²) in [4.78, 5) is 15.4. The zero-order chi connectivity index (χ0) is 14.8. The van der Waals surface area contributed by atoms with Gasteiger partial charge in [-0.25, -0.2) is 4.79 Å². The molecule has 1 saturated heterocycles. The predicted molar refractivity (Wildman–Crippen MR) is 81.9 cm³/mol. The topological polar surface area (TPSA) is 58.6 Å². The van der Waals surface area contributed by atoms with Crippen molar-refractivity contribution < 1.29 is 9.53 Å². The fourth-order valence-corrected chi connectivity index (χ4v) is 4.09. The molecule has 1 aromatic rings. The SMILES string of the molecule is CCOC1CCCC(c2nnc(N3CCN(C)C3=O)s2)C1. The number of ether oxygens (including phenoxy) is 1. The first kappa shape index (κ1) is 14.7. The highest BCUT2D eigenvalue weighted by atomic mass is 32.1. The smallest absolute Gasteiger partial charge is 0.326 e. The van der Waals surface area contributed by atoms with E-state index in [1.54, 1.807) is 21.1 Å². The molecule has 2 heterocycles. The highest BCUT2D eigenvalue weighted by Gasteiger charge is 2.31. The van der Waals surface area contributed by atoms with Crippen LogP contribution < -0.4 is 4.90 Å². The molecule has 2 unspecified atom stereocenters. The van der Waals surface area contributed by atoms with Crippen molar-refractivity contribution in [2.75, 3.05) is 31.6 Å². The Labute approximate surface area is 129 Å². The maximum absolute atomic E-state index is 12.0. The standard InChI is InChI=1S/C14H22N4O2S/c1-3-20-11-6-4-5-10(9-11)12-15-16-13(21-12)18-8-7-17(2)14(18)19/h10-11H,3-9H2,1-2H3. The van der Waals surface area contributed by atoms with Crippen molar-refractivity contribution in [2.45, 2.75) is 44.6 Å². The Balaban J connectivity index is 1.68. The summed E-state index contributed by atoms with van der Waals surface area (Å²) in [6.45, 7) is 4.27. The number of hydrogen-bond donors (Lipinski definition) is 0. The summed E-state index contributed by atoms with van der Waals surface area (Å²) < 4.78 is 5.76. The summed E-state index contributed by atoms with van der Waals surface area (Å²) in [5.41, 5.74) is 0. The lowest BCUT2D eigenvalue weighted by Crippen LogP contribution is -2.29. The van der Waals surface area contributed by atoms with Crippen molar-refractivity contribution in [3.05, 3.63) is 5.01 Å². The summed E-state index contributed by atoms with van der Waals surface area (Å²) in [5.74, 6) is 0.428. The van der Waals surface area contributed by atoms with Gasteiger partial charge in [0.15, 0.2) is 0 Å². The molecule has 6 nitrogen and oxygen atoms in total. The molecule has 1 aliphatic carbocycles. The number of carbonyl (C=O) groups is 1. The first-order valence-electron chi connectivity index (χ1n) is 7.66. The van der Waals surface area contributed by atoms with Crippen molar-refractivity contribution in [1.82, 2.24) is 15.1 Å². The van der Waals surface area contributed by atoms with Gasteiger partial charge in [-0.15, -0.1) is 10.2 Å². The average Bonchev–Trinajstić information content (AvgIpc) is 3.08. The molecule has 2 amide bonds. The number of rotatable bonds is 4. The zero-order valence-corrected chi connectivity index (χ0v) is 13.4. The van der Waals surface area contributed by atoms with Crippen LogP contribution in [0.25, 0.3) is 0 Å². The molecule has 7 heteroatoms. The van der Waals surface area contributed by atoms with Gasteiger partial charge in [-0.3, -0.25) is 4.90 Å². The minimum atomic E-state index is 0.0218. The molecule has 116 valence electrons. The molecule has 2 atom stereocenters. The molecule has 21 heavy (non-hydrogen) atoms. The number of anilines is 1. The Morgan fingerprint density at radius 1 is 1.33 bits per heavy atom. The monoisotopic (exact) mass is 310 g/mol. The maximum Gasteiger partial charge on any atom is 0.326 e. The van der Waals surface area contributed by atoms with Crippen LogP contribution in [0, 0.1) is 0 Å². The van der Waals surface area contributed by atoms with E-state index in [4.69, 9.17) is 4.74 Å². The van der Waals surface area contributed by atoms with E-state index in [9.17, 15) is 4.79 Å². The molecule has 0 aromatic carbocycles. The second kappa shape index (κ2) is 6.27. The number of likely N-dealkylation sites (N-methyl/N-ethyl adjacent to an activating group) is 1. The van der Waals surface area contributed by atoms with E-state index >= 15 is 0 Å². The Hall–Kier alpha value is -1.21. The van der Waals surface area contributed by atoms with Crippen molar-refractivity contribution in [3.63, 3.8) is 0 Å². The van der Waals surface area contributed by atoms with Gasteiger partial charge in [0.1, 0.15) is 5.01 Å². The van der Waals surface area contributed by atoms with E-state index in [2.05, 4.69) is 10.2 Å². The minimum Gasteiger partial charge on any atom is -0.378 e. The molecule has 0 N–H and O–H groups in total. The van der Waals surface area contributed by atoms with E-state index in [1.165, 1.54) is 6.42 Å². The second-order valence-electron chi connectivity index (χ2n) is 5.72. The average molecular weight is 310 g/mol. The molecule has 1 saturated carbocycles. The molecule has 1 aromatic heterocycles. The number of carbonyl (C=O) groups excluding carboxylic acids is 1. The zero-order valence-electron chi connectivity index (χ0n) is 12.6. The molecular formula is C14H22N4O2S. The highest BCUT2D eigenvalue weighted by Crippen LogP contribution is 2.37. The molecular weight excluding hydrogens is 288 g/mol. The van der Waals surface area contributed by atoms with Crippen molar-refractivity contribution in [1.29, 1.82) is 0 Å². The summed E-state index contributed by atoms with van der Waals surface area (Å²) in [6.07, 6.45) is 4.84. The van der Waals surface area contributed by atoms with E-state index in [0.717, 1.165) is 42.6 Å². The number of amides is 2. The quantitative estimate of drug-likeness (QED) is 0.857. The van der Waals surface area contributed by atoms with Crippen LogP contribution in [0.1, 0.15) is 43.5 Å². The molecule has 0 spiro atoms. The van der Waals surface area contributed by atoms with Crippen molar-refractivity contribution in [3.8, 4) is 0 Å². The number of hydrogen-bond acceptors (Lipinski definition) is 5. The van der Waals surface area contributed by atoms with Crippen molar-refractivity contribution >= 4 is 22.5 Å². The molecule has 3 rings (SSSR count). The third-order valence-corrected chi connectivity index (χ3v) is 5.36. The van der Waals surface area contributed by atoms with Crippen LogP contribution in [0.3, 0.4) is 0 Å². The number of urea groups is 1. The van der Waals surface area contributed by atoms with E-state index in [0.29, 0.717) is 18.6 Å². The van der Waals surface area contributed by atoms with Crippen LogP contribution in [0.15, 0.2) is 0 Å². The highest BCUT2D eigenvalue weighted by molar-refractivity contribution is 7.15. The first-order valence-corrected chi connectivity index (χ1v) is 8.48. The van der Waals surface area contributed by atoms with Gasteiger partial charge in [0.2, 0.25) is 5.13 Å². The summed E-state index contributed by atoms with van der Waals surface area (Å²) in [5, 5.41) is 10.4. The third kappa shape index (κ3) is 3.03. The Morgan fingerprint density at radius 2 is 2.19 bits per heavy atom. The Bertz CT molecular complexity index is 505. The molecule has 0 bridgehead atoms. The van der Waals surface area contributed by atoms with Crippen LogP contribution in [-0.2, 0) is 4.74 Å². The summed E-state index contributed by atoms with van der Waals surface area (Å²) >= 11 is 1.56. The van der Waals surface area contributed by atoms with Gasteiger partial charge < -0.3 is 9.64 Å². The number of nitrogens with zero attached hydrogens (tertiary/aromatic N) is 4.